The fourth-order valence-corrected chi connectivity index (χ4v) is 3.93. The lowest BCUT2D eigenvalue weighted by Gasteiger charge is -2.30. The topological polar surface area (TPSA) is 84.9 Å². The van der Waals surface area contributed by atoms with Crippen molar-refractivity contribution in [2.24, 2.45) is 0 Å². The standard InChI is InChI=1S/C26H38N2O5/c1-5-32-23(17-21(19-29)20-13-9-8-10-14-20)27-22-15-11-6-7-12-16-28(25(22)31)18-24(30)33-26(2,3)4/h8-10,13-14,22-23,27H,5-7,11-12,15-18H2,1-4H3. The molecule has 7 heteroatoms. The first kappa shape index (κ1) is 26.8. The van der Waals surface area contributed by atoms with Crippen LogP contribution in [0, 0.1) is 0 Å². The van der Waals surface area contributed by atoms with Crippen molar-refractivity contribution in [3.8, 4) is 0 Å². The van der Waals surface area contributed by atoms with Crippen molar-refractivity contribution < 1.29 is 23.9 Å². The first-order chi connectivity index (χ1) is 15.7. The zero-order chi connectivity index (χ0) is 24.3. The summed E-state index contributed by atoms with van der Waals surface area (Å²) < 4.78 is 11.3. The third-order valence-electron chi connectivity index (χ3n) is 5.41. The Morgan fingerprint density at radius 3 is 2.52 bits per heavy atom. The molecule has 182 valence electrons. The normalized spacial score (nSPS) is 18.5. The van der Waals surface area contributed by atoms with E-state index in [0.717, 1.165) is 31.2 Å². The number of ether oxygens (including phenoxy) is 2. The number of nitrogens with one attached hydrogen (secondary N) is 1. The van der Waals surface area contributed by atoms with Crippen molar-refractivity contribution in [3.63, 3.8) is 0 Å². The molecule has 0 aromatic heterocycles. The van der Waals surface area contributed by atoms with Crippen LogP contribution in [0.3, 0.4) is 0 Å². The van der Waals surface area contributed by atoms with Crippen LogP contribution in [0.4, 0.5) is 0 Å². The van der Waals surface area contributed by atoms with Gasteiger partial charge in [0.15, 0.2) is 0 Å². The number of esters is 1. The van der Waals surface area contributed by atoms with Crippen LogP contribution in [0.1, 0.15) is 71.8 Å². The number of rotatable bonds is 9. The van der Waals surface area contributed by atoms with Gasteiger partial charge < -0.3 is 14.4 Å². The molecule has 1 heterocycles. The zero-order valence-corrected chi connectivity index (χ0v) is 20.4. The number of hydrogen-bond acceptors (Lipinski definition) is 6. The van der Waals surface area contributed by atoms with Gasteiger partial charge in [0.1, 0.15) is 24.3 Å². The Bertz CT molecular complexity index is 812. The van der Waals surface area contributed by atoms with Crippen molar-refractivity contribution in [3.05, 3.63) is 35.9 Å². The Hall–Kier alpha value is -2.47. The molecular weight excluding hydrogens is 420 g/mol. The van der Waals surface area contributed by atoms with E-state index in [-0.39, 0.29) is 18.9 Å². The van der Waals surface area contributed by atoms with Crippen molar-refractivity contribution in [1.29, 1.82) is 0 Å². The molecule has 0 bridgehead atoms. The molecule has 1 aromatic carbocycles. The Morgan fingerprint density at radius 2 is 1.88 bits per heavy atom. The Kier molecular flexibility index (Phi) is 10.8. The highest BCUT2D eigenvalue weighted by molar-refractivity contribution is 5.88. The minimum atomic E-state index is -0.605. The van der Waals surface area contributed by atoms with Crippen molar-refractivity contribution in [1.82, 2.24) is 10.2 Å². The van der Waals surface area contributed by atoms with Gasteiger partial charge in [0.05, 0.1) is 6.04 Å². The molecule has 2 unspecified atom stereocenters. The molecule has 1 aromatic rings. The van der Waals surface area contributed by atoms with Crippen molar-refractivity contribution in [2.75, 3.05) is 19.7 Å². The lowest BCUT2D eigenvalue weighted by atomic mass is 10.0. The summed E-state index contributed by atoms with van der Waals surface area (Å²) in [5.74, 6) is 1.49. The maximum absolute atomic E-state index is 13.4. The van der Waals surface area contributed by atoms with Gasteiger partial charge in [-0.25, -0.2) is 4.79 Å². The quantitative estimate of drug-likeness (QED) is 0.345. The second-order valence-electron chi connectivity index (χ2n) is 9.36. The first-order valence-corrected chi connectivity index (χ1v) is 11.9. The highest BCUT2D eigenvalue weighted by atomic mass is 16.6. The number of nitrogens with zero attached hydrogens (tertiary/aromatic N) is 1. The fourth-order valence-electron chi connectivity index (χ4n) is 3.93. The molecule has 1 fully saturated rings. The average molecular weight is 459 g/mol. The minimum Gasteiger partial charge on any atom is -0.459 e. The summed E-state index contributed by atoms with van der Waals surface area (Å²) in [6, 6.07) is 8.83. The molecule has 1 N–H and O–H groups in total. The van der Waals surface area contributed by atoms with Gasteiger partial charge in [-0.3, -0.25) is 14.9 Å². The number of hydrogen-bond donors (Lipinski definition) is 1. The van der Waals surface area contributed by atoms with E-state index in [4.69, 9.17) is 9.47 Å². The van der Waals surface area contributed by atoms with Crippen LogP contribution in [0.2, 0.25) is 0 Å². The van der Waals surface area contributed by atoms with E-state index in [9.17, 15) is 14.4 Å². The summed E-state index contributed by atoms with van der Waals surface area (Å²) in [5.41, 5.74) is 0.668. The van der Waals surface area contributed by atoms with Crippen LogP contribution in [0.15, 0.2) is 30.3 Å². The predicted octanol–water partition coefficient (Wildman–Crippen LogP) is 3.75. The Morgan fingerprint density at radius 1 is 1.18 bits per heavy atom. The Balaban J connectivity index is 2.15. The lowest BCUT2D eigenvalue weighted by Crippen LogP contribution is -2.52. The molecule has 1 amide bonds. The molecule has 2 rings (SSSR count). The summed E-state index contributed by atoms with van der Waals surface area (Å²) in [6.45, 7) is 8.19. The molecule has 1 saturated heterocycles. The molecule has 0 spiro atoms. The van der Waals surface area contributed by atoms with Crippen molar-refractivity contribution >= 4 is 23.4 Å². The summed E-state index contributed by atoms with van der Waals surface area (Å²) >= 11 is 0. The number of amides is 1. The predicted molar refractivity (Wildman–Crippen MR) is 128 cm³/mol. The van der Waals surface area contributed by atoms with Crippen LogP contribution >= 0.6 is 0 Å². The van der Waals surface area contributed by atoms with Gasteiger partial charge in [-0.2, -0.15) is 0 Å². The summed E-state index contributed by atoms with van der Waals surface area (Å²) in [4.78, 5) is 39.1. The number of carbonyl (C=O) groups excluding carboxylic acids is 3. The van der Waals surface area contributed by atoms with Crippen LogP contribution in [0.25, 0.3) is 5.57 Å². The summed E-state index contributed by atoms with van der Waals surface area (Å²) in [6.07, 6.45) is 4.18. The smallest absolute Gasteiger partial charge is 0.326 e. The second kappa shape index (κ2) is 13.3. The molecule has 0 aliphatic carbocycles. The molecule has 2 atom stereocenters. The number of carbonyl (C=O) groups is 2. The number of benzene rings is 1. The van der Waals surface area contributed by atoms with Gasteiger partial charge >= 0.3 is 5.97 Å². The first-order valence-electron chi connectivity index (χ1n) is 11.9. The van der Waals surface area contributed by atoms with Crippen LogP contribution in [0.5, 0.6) is 0 Å². The highest BCUT2D eigenvalue weighted by Gasteiger charge is 2.30. The van der Waals surface area contributed by atoms with E-state index >= 15 is 0 Å². The molecule has 0 radical (unpaired) electrons. The van der Waals surface area contributed by atoms with E-state index in [1.165, 1.54) is 0 Å². The third-order valence-corrected chi connectivity index (χ3v) is 5.41. The van der Waals surface area contributed by atoms with E-state index in [0.29, 0.717) is 25.1 Å². The van der Waals surface area contributed by atoms with Gasteiger partial charge in [-0.15, -0.1) is 0 Å². The average Bonchev–Trinajstić information content (AvgIpc) is 2.83. The summed E-state index contributed by atoms with van der Waals surface area (Å²) in [7, 11) is 0. The molecule has 33 heavy (non-hydrogen) atoms. The molecule has 1 aliphatic heterocycles. The fraction of sp³-hybridized carbons (Fsp3) is 0.615. The van der Waals surface area contributed by atoms with E-state index in [1.54, 1.807) is 4.90 Å². The third kappa shape index (κ3) is 9.50. The van der Waals surface area contributed by atoms with E-state index < -0.39 is 23.8 Å². The van der Waals surface area contributed by atoms with Gasteiger partial charge in [0.2, 0.25) is 5.91 Å². The Labute approximate surface area is 197 Å². The van der Waals surface area contributed by atoms with Gasteiger partial charge in [-0.1, -0.05) is 49.6 Å². The SMILES string of the molecule is CCOC(CC(=C=O)c1ccccc1)NC1CCCCCCN(CC(=O)OC(C)(C)C)C1=O. The summed E-state index contributed by atoms with van der Waals surface area (Å²) in [5, 5.41) is 3.32. The largest absolute Gasteiger partial charge is 0.459 e. The molecule has 7 nitrogen and oxygen atoms in total. The zero-order valence-electron chi connectivity index (χ0n) is 20.4. The van der Waals surface area contributed by atoms with Crippen LogP contribution in [-0.2, 0) is 23.9 Å². The molecule has 0 saturated carbocycles. The van der Waals surface area contributed by atoms with Gasteiger partial charge in [-0.05, 0) is 46.1 Å². The monoisotopic (exact) mass is 458 g/mol. The minimum absolute atomic E-state index is 0.0723. The maximum atomic E-state index is 13.4. The van der Waals surface area contributed by atoms with E-state index in [2.05, 4.69) is 5.32 Å². The maximum Gasteiger partial charge on any atom is 0.326 e. The van der Waals surface area contributed by atoms with Crippen LogP contribution in [-0.4, -0.2) is 60.3 Å². The molecular formula is C26H38N2O5. The molecule has 1 aliphatic rings. The second-order valence-corrected chi connectivity index (χ2v) is 9.36. The van der Waals surface area contributed by atoms with Gasteiger partial charge in [0, 0.05) is 25.1 Å². The highest BCUT2D eigenvalue weighted by Crippen LogP contribution is 2.20. The van der Waals surface area contributed by atoms with E-state index in [1.807, 2.05) is 64.0 Å². The van der Waals surface area contributed by atoms with Gasteiger partial charge in [0.25, 0.3) is 0 Å². The lowest BCUT2D eigenvalue weighted by molar-refractivity contribution is -0.159. The van der Waals surface area contributed by atoms with Crippen LogP contribution < -0.4 is 5.32 Å². The van der Waals surface area contributed by atoms with Crippen molar-refractivity contribution in [2.45, 2.75) is 84.1 Å².